The average Bonchev–Trinajstić information content (AvgIpc) is 2.09. The normalized spacial score (nSPS) is 15.4. The van der Waals surface area contributed by atoms with E-state index in [4.69, 9.17) is 11.5 Å². The Hall–Kier alpha value is -1.02. The number of anilines is 1. The van der Waals surface area contributed by atoms with Gasteiger partial charge in [-0.1, -0.05) is 19.1 Å². The predicted molar refractivity (Wildman–Crippen MR) is 57.4 cm³/mol. The Kier molecular flexibility index (Phi) is 2.62. The summed E-state index contributed by atoms with van der Waals surface area (Å²) in [4.78, 5) is 0. The van der Waals surface area contributed by atoms with Gasteiger partial charge in [-0.2, -0.15) is 0 Å². The van der Waals surface area contributed by atoms with E-state index in [1.54, 1.807) is 0 Å². The van der Waals surface area contributed by atoms with E-state index in [-0.39, 0.29) is 5.54 Å². The van der Waals surface area contributed by atoms with Crippen molar-refractivity contribution < 1.29 is 0 Å². The summed E-state index contributed by atoms with van der Waals surface area (Å²) in [6.07, 6.45) is 0.914. The number of benzene rings is 1. The fourth-order valence-electron chi connectivity index (χ4n) is 1.46. The number of nitrogens with two attached hydrogens (primary N) is 2. The standard InChI is InChI=1S/C11H18N2/c1-4-11(3,13)9-6-5-7-10(12)8(9)2/h5-7H,4,12-13H2,1-3H3. The van der Waals surface area contributed by atoms with Crippen LogP contribution < -0.4 is 11.5 Å². The Balaban J connectivity index is 3.22. The maximum atomic E-state index is 6.15. The maximum Gasteiger partial charge on any atom is 0.0381 e. The van der Waals surface area contributed by atoms with Gasteiger partial charge in [0.1, 0.15) is 0 Å². The van der Waals surface area contributed by atoms with E-state index in [2.05, 4.69) is 13.0 Å². The van der Waals surface area contributed by atoms with Crippen molar-refractivity contribution in [2.45, 2.75) is 32.7 Å². The molecule has 0 aromatic heterocycles. The fraction of sp³-hybridized carbons (Fsp3) is 0.455. The van der Waals surface area contributed by atoms with Crippen LogP contribution in [0.25, 0.3) is 0 Å². The topological polar surface area (TPSA) is 52.0 Å². The first kappa shape index (κ1) is 10.1. The van der Waals surface area contributed by atoms with Crippen molar-refractivity contribution >= 4 is 5.69 Å². The zero-order valence-electron chi connectivity index (χ0n) is 8.59. The van der Waals surface area contributed by atoms with Gasteiger partial charge in [0.05, 0.1) is 0 Å². The molecule has 1 rings (SSSR count). The van der Waals surface area contributed by atoms with Crippen molar-refractivity contribution in [2.24, 2.45) is 5.73 Å². The first-order chi connectivity index (χ1) is 5.99. The predicted octanol–water partition coefficient (Wildman–Crippen LogP) is 2.16. The molecule has 1 atom stereocenters. The van der Waals surface area contributed by atoms with Gasteiger partial charge in [-0.3, -0.25) is 0 Å². The number of hydrogen-bond acceptors (Lipinski definition) is 2. The largest absolute Gasteiger partial charge is 0.399 e. The van der Waals surface area contributed by atoms with E-state index in [0.29, 0.717) is 0 Å². The molecule has 4 N–H and O–H groups in total. The van der Waals surface area contributed by atoms with Crippen LogP contribution in [0.15, 0.2) is 18.2 Å². The molecule has 0 fully saturated rings. The van der Waals surface area contributed by atoms with E-state index in [9.17, 15) is 0 Å². The van der Waals surface area contributed by atoms with Crippen molar-refractivity contribution in [3.05, 3.63) is 29.3 Å². The SMILES string of the molecule is CCC(C)(N)c1cccc(N)c1C. The van der Waals surface area contributed by atoms with E-state index >= 15 is 0 Å². The van der Waals surface area contributed by atoms with Crippen LogP contribution in [0.4, 0.5) is 5.69 Å². The second kappa shape index (κ2) is 3.38. The zero-order chi connectivity index (χ0) is 10.1. The first-order valence-electron chi connectivity index (χ1n) is 4.63. The van der Waals surface area contributed by atoms with Gasteiger partial charge in [-0.05, 0) is 37.5 Å². The van der Waals surface area contributed by atoms with Gasteiger partial charge < -0.3 is 11.5 Å². The molecular formula is C11H18N2. The quantitative estimate of drug-likeness (QED) is 0.682. The summed E-state index contributed by atoms with van der Waals surface area (Å²) in [5, 5.41) is 0. The lowest BCUT2D eigenvalue weighted by Crippen LogP contribution is -2.32. The van der Waals surface area contributed by atoms with Crippen molar-refractivity contribution in [3.63, 3.8) is 0 Å². The summed E-state index contributed by atoms with van der Waals surface area (Å²) in [5.41, 5.74) is 14.8. The third-order valence-electron chi connectivity index (χ3n) is 2.73. The maximum absolute atomic E-state index is 6.15. The van der Waals surface area contributed by atoms with Gasteiger partial charge in [0.25, 0.3) is 0 Å². The molecule has 0 spiro atoms. The van der Waals surface area contributed by atoms with Crippen LogP contribution in [0.2, 0.25) is 0 Å². The monoisotopic (exact) mass is 178 g/mol. The van der Waals surface area contributed by atoms with Crippen molar-refractivity contribution in [2.75, 3.05) is 5.73 Å². The molecule has 1 unspecified atom stereocenters. The Labute approximate surface area is 79.9 Å². The van der Waals surface area contributed by atoms with Gasteiger partial charge in [0.2, 0.25) is 0 Å². The minimum absolute atomic E-state index is 0.264. The molecule has 2 heteroatoms. The van der Waals surface area contributed by atoms with Crippen LogP contribution in [0.1, 0.15) is 31.4 Å². The van der Waals surface area contributed by atoms with Crippen LogP contribution in [0.3, 0.4) is 0 Å². The van der Waals surface area contributed by atoms with Crippen molar-refractivity contribution in [3.8, 4) is 0 Å². The molecule has 0 heterocycles. The molecule has 1 aromatic carbocycles. The van der Waals surface area contributed by atoms with E-state index in [0.717, 1.165) is 23.2 Å². The number of nitrogen functional groups attached to an aromatic ring is 1. The third kappa shape index (κ3) is 1.83. The van der Waals surface area contributed by atoms with E-state index in [1.807, 2.05) is 26.0 Å². The molecule has 2 nitrogen and oxygen atoms in total. The molecule has 0 aliphatic heterocycles. The summed E-state index contributed by atoms with van der Waals surface area (Å²) in [7, 11) is 0. The molecule has 0 radical (unpaired) electrons. The second-order valence-electron chi connectivity index (χ2n) is 3.79. The Morgan fingerprint density at radius 1 is 1.38 bits per heavy atom. The highest BCUT2D eigenvalue weighted by Crippen LogP contribution is 2.27. The van der Waals surface area contributed by atoms with Gasteiger partial charge in [-0.25, -0.2) is 0 Å². The van der Waals surface area contributed by atoms with Crippen LogP contribution in [-0.2, 0) is 5.54 Å². The van der Waals surface area contributed by atoms with Gasteiger partial charge in [0.15, 0.2) is 0 Å². The summed E-state index contributed by atoms with van der Waals surface area (Å²) in [6, 6.07) is 5.91. The Bertz CT molecular complexity index is 303. The van der Waals surface area contributed by atoms with Crippen LogP contribution in [-0.4, -0.2) is 0 Å². The zero-order valence-corrected chi connectivity index (χ0v) is 8.59. The molecule has 0 saturated carbocycles. The van der Waals surface area contributed by atoms with Crippen LogP contribution >= 0.6 is 0 Å². The van der Waals surface area contributed by atoms with Gasteiger partial charge in [-0.15, -0.1) is 0 Å². The third-order valence-corrected chi connectivity index (χ3v) is 2.73. The molecule has 0 amide bonds. The fourth-order valence-corrected chi connectivity index (χ4v) is 1.46. The summed E-state index contributed by atoms with van der Waals surface area (Å²) < 4.78 is 0. The van der Waals surface area contributed by atoms with Crippen molar-refractivity contribution in [1.82, 2.24) is 0 Å². The molecule has 0 aliphatic rings. The molecule has 72 valence electrons. The van der Waals surface area contributed by atoms with Gasteiger partial charge >= 0.3 is 0 Å². The highest BCUT2D eigenvalue weighted by molar-refractivity contribution is 5.51. The van der Waals surface area contributed by atoms with Crippen LogP contribution in [0, 0.1) is 6.92 Å². The molecular weight excluding hydrogens is 160 g/mol. The van der Waals surface area contributed by atoms with E-state index in [1.165, 1.54) is 0 Å². The van der Waals surface area contributed by atoms with Gasteiger partial charge in [0, 0.05) is 11.2 Å². The number of hydrogen-bond donors (Lipinski definition) is 2. The lowest BCUT2D eigenvalue weighted by atomic mass is 9.87. The van der Waals surface area contributed by atoms with Crippen LogP contribution in [0.5, 0.6) is 0 Å². The minimum atomic E-state index is -0.264. The smallest absolute Gasteiger partial charge is 0.0381 e. The minimum Gasteiger partial charge on any atom is -0.399 e. The Morgan fingerprint density at radius 2 is 2.00 bits per heavy atom. The molecule has 1 aromatic rings. The molecule has 0 saturated heterocycles. The average molecular weight is 178 g/mol. The second-order valence-corrected chi connectivity index (χ2v) is 3.79. The summed E-state index contributed by atoms with van der Waals surface area (Å²) in [6.45, 7) is 6.14. The lowest BCUT2D eigenvalue weighted by Gasteiger charge is -2.25. The first-order valence-corrected chi connectivity index (χ1v) is 4.63. The highest BCUT2D eigenvalue weighted by Gasteiger charge is 2.20. The highest BCUT2D eigenvalue weighted by atomic mass is 14.7. The van der Waals surface area contributed by atoms with Crippen molar-refractivity contribution in [1.29, 1.82) is 0 Å². The molecule has 0 bridgehead atoms. The number of rotatable bonds is 2. The molecule has 0 aliphatic carbocycles. The Morgan fingerprint density at radius 3 is 2.54 bits per heavy atom. The van der Waals surface area contributed by atoms with E-state index < -0.39 is 0 Å². The molecule has 13 heavy (non-hydrogen) atoms. The lowest BCUT2D eigenvalue weighted by molar-refractivity contribution is 0.474. The summed E-state index contributed by atoms with van der Waals surface area (Å²) >= 11 is 0. The summed E-state index contributed by atoms with van der Waals surface area (Å²) in [5.74, 6) is 0.